The summed E-state index contributed by atoms with van der Waals surface area (Å²) in [5, 5.41) is 0. The lowest BCUT2D eigenvalue weighted by Gasteiger charge is -2.05. The summed E-state index contributed by atoms with van der Waals surface area (Å²) < 4.78 is 0. The molecule has 1 unspecified atom stereocenters. The Morgan fingerprint density at radius 3 is 2.46 bits per heavy atom. The highest BCUT2D eigenvalue weighted by Gasteiger charge is 1.98. The Labute approximate surface area is 80.6 Å². The molecule has 0 aliphatic carbocycles. The zero-order valence-electron chi connectivity index (χ0n) is 8.33. The van der Waals surface area contributed by atoms with Crippen molar-refractivity contribution < 1.29 is 0 Å². The largest absolute Gasteiger partial charge is 0.0961 e. The van der Waals surface area contributed by atoms with Gasteiger partial charge in [-0.15, -0.1) is 0 Å². The smallest absolute Gasteiger partial charge is 0.000723 e. The van der Waals surface area contributed by atoms with Crippen molar-refractivity contribution in [3.05, 3.63) is 60.2 Å². The third kappa shape index (κ3) is 3.29. The van der Waals surface area contributed by atoms with Crippen LogP contribution in [0.3, 0.4) is 0 Å². The summed E-state index contributed by atoms with van der Waals surface area (Å²) in [5.41, 5.74) is 2.45. The van der Waals surface area contributed by atoms with Gasteiger partial charge in [0.2, 0.25) is 0 Å². The molecule has 1 aromatic carbocycles. The van der Waals surface area contributed by atoms with Gasteiger partial charge >= 0.3 is 0 Å². The van der Waals surface area contributed by atoms with Crippen LogP contribution in [0, 0.1) is 0 Å². The molecule has 0 saturated heterocycles. The second-order valence-electron chi connectivity index (χ2n) is 3.40. The summed E-state index contributed by atoms with van der Waals surface area (Å²) in [4.78, 5) is 0. The fourth-order valence-electron chi connectivity index (χ4n) is 1.18. The molecule has 0 heterocycles. The molecule has 0 aliphatic rings. The maximum atomic E-state index is 3.83. The van der Waals surface area contributed by atoms with E-state index in [1.54, 1.807) is 0 Å². The molecule has 0 amide bonds. The van der Waals surface area contributed by atoms with Crippen molar-refractivity contribution in [1.82, 2.24) is 0 Å². The SMILES string of the molecule is C=C(C)C=CC(C)c1ccccc1. The van der Waals surface area contributed by atoms with Crippen molar-refractivity contribution in [3.63, 3.8) is 0 Å². The number of hydrogen-bond acceptors (Lipinski definition) is 0. The Morgan fingerprint density at radius 2 is 1.92 bits per heavy atom. The molecule has 0 bridgehead atoms. The molecule has 1 aromatic rings. The Bertz CT molecular complexity index is 293. The molecule has 13 heavy (non-hydrogen) atoms. The van der Waals surface area contributed by atoms with Crippen LogP contribution in [0.25, 0.3) is 0 Å². The summed E-state index contributed by atoms with van der Waals surface area (Å²) in [5.74, 6) is 0.470. The van der Waals surface area contributed by atoms with Crippen molar-refractivity contribution in [2.75, 3.05) is 0 Å². The van der Waals surface area contributed by atoms with Gasteiger partial charge in [0.15, 0.2) is 0 Å². The lowest BCUT2D eigenvalue weighted by molar-refractivity contribution is 0.966. The first-order chi connectivity index (χ1) is 6.20. The zero-order chi connectivity index (χ0) is 9.68. The maximum Gasteiger partial charge on any atom is -0.000723 e. The second-order valence-corrected chi connectivity index (χ2v) is 3.40. The van der Waals surface area contributed by atoms with Crippen LogP contribution in [0.2, 0.25) is 0 Å². The molecule has 68 valence electrons. The van der Waals surface area contributed by atoms with Gasteiger partial charge in [0.05, 0.1) is 0 Å². The van der Waals surface area contributed by atoms with Gasteiger partial charge < -0.3 is 0 Å². The molecule has 0 aromatic heterocycles. The minimum Gasteiger partial charge on any atom is -0.0961 e. The average molecular weight is 172 g/mol. The lowest BCUT2D eigenvalue weighted by Crippen LogP contribution is -1.87. The van der Waals surface area contributed by atoms with E-state index in [0.29, 0.717) is 5.92 Å². The third-order valence-electron chi connectivity index (χ3n) is 1.99. The van der Waals surface area contributed by atoms with Crippen LogP contribution >= 0.6 is 0 Å². The Hall–Kier alpha value is -1.30. The van der Waals surface area contributed by atoms with Crippen molar-refractivity contribution in [1.29, 1.82) is 0 Å². The molecule has 1 rings (SSSR count). The second kappa shape index (κ2) is 4.66. The van der Waals surface area contributed by atoms with E-state index in [1.165, 1.54) is 5.56 Å². The maximum absolute atomic E-state index is 3.83. The van der Waals surface area contributed by atoms with E-state index in [2.05, 4.69) is 49.9 Å². The van der Waals surface area contributed by atoms with Gasteiger partial charge in [0, 0.05) is 0 Å². The van der Waals surface area contributed by atoms with Crippen LogP contribution in [0.4, 0.5) is 0 Å². The van der Waals surface area contributed by atoms with E-state index in [1.807, 2.05) is 13.0 Å². The van der Waals surface area contributed by atoms with E-state index >= 15 is 0 Å². The molecule has 0 N–H and O–H groups in total. The monoisotopic (exact) mass is 172 g/mol. The van der Waals surface area contributed by atoms with E-state index < -0.39 is 0 Å². The van der Waals surface area contributed by atoms with Gasteiger partial charge in [-0.1, -0.05) is 61.6 Å². The zero-order valence-corrected chi connectivity index (χ0v) is 8.33. The van der Waals surface area contributed by atoms with E-state index in [9.17, 15) is 0 Å². The molecule has 0 radical (unpaired) electrons. The van der Waals surface area contributed by atoms with E-state index in [0.717, 1.165) is 5.57 Å². The Balaban J connectivity index is 2.69. The summed E-state index contributed by atoms with van der Waals surface area (Å²) >= 11 is 0. The topological polar surface area (TPSA) is 0 Å². The first kappa shape index (κ1) is 9.79. The highest BCUT2D eigenvalue weighted by molar-refractivity contribution is 5.25. The van der Waals surface area contributed by atoms with Gasteiger partial charge in [0.1, 0.15) is 0 Å². The van der Waals surface area contributed by atoms with Gasteiger partial charge in [-0.2, -0.15) is 0 Å². The van der Waals surface area contributed by atoms with E-state index in [4.69, 9.17) is 0 Å². The summed E-state index contributed by atoms with van der Waals surface area (Å²) in [6.45, 7) is 8.03. The van der Waals surface area contributed by atoms with Crippen molar-refractivity contribution >= 4 is 0 Å². The lowest BCUT2D eigenvalue weighted by atomic mass is 10.0. The van der Waals surface area contributed by atoms with Crippen LogP contribution < -0.4 is 0 Å². The van der Waals surface area contributed by atoms with E-state index in [-0.39, 0.29) is 0 Å². The van der Waals surface area contributed by atoms with Crippen LogP contribution in [-0.2, 0) is 0 Å². The molecule has 0 heteroatoms. The minimum atomic E-state index is 0.470. The van der Waals surface area contributed by atoms with Crippen molar-refractivity contribution in [2.24, 2.45) is 0 Å². The number of benzene rings is 1. The van der Waals surface area contributed by atoms with Gasteiger partial charge in [-0.05, 0) is 18.4 Å². The normalized spacial score (nSPS) is 13.1. The number of rotatable bonds is 3. The molecule has 0 saturated carbocycles. The Kier molecular flexibility index (Phi) is 3.51. The van der Waals surface area contributed by atoms with Crippen LogP contribution in [0.1, 0.15) is 25.3 Å². The summed E-state index contributed by atoms with van der Waals surface area (Å²) in [6, 6.07) is 10.5. The summed E-state index contributed by atoms with van der Waals surface area (Å²) in [7, 11) is 0. The van der Waals surface area contributed by atoms with Crippen LogP contribution in [0.15, 0.2) is 54.6 Å². The molecule has 1 atom stereocenters. The fraction of sp³-hybridized carbons (Fsp3) is 0.231. The van der Waals surface area contributed by atoms with Gasteiger partial charge in [0.25, 0.3) is 0 Å². The quantitative estimate of drug-likeness (QED) is 0.606. The predicted octanol–water partition coefficient (Wildman–Crippen LogP) is 3.92. The first-order valence-corrected chi connectivity index (χ1v) is 4.59. The predicted molar refractivity (Wildman–Crippen MR) is 58.8 cm³/mol. The van der Waals surface area contributed by atoms with Crippen molar-refractivity contribution in [3.8, 4) is 0 Å². The molecule has 0 fully saturated rings. The molecule has 0 spiro atoms. The van der Waals surface area contributed by atoms with Crippen LogP contribution in [-0.4, -0.2) is 0 Å². The molecular formula is C13H16. The minimum absolute atomic E-state index is 0.470. The van der Waals surface area contributed by atoms with Crippen LogP contribution in [0.5, 0.6) is 0 Å². The first-order valence-electron chi connectivity index (χ1n) is 4.59. The van der Waals surface area contributed by atoms with Gasteiger partial charge in [-0.3, -0.25) is 0 Å². The molecular weight excluding hydrogens is 156 g/mol. The Morgan fingerprint density at radius 1 is 1.31 bits per heavy atom. The summed E-state index contributed by atoms with van der Waals surface area (Å²) in [6.07, 6.45) is 4.25. The highest BCUT2D eigenvalue weighted by atomic mass is 14.0. The average Bonchev–Trinajstić information content (AvgIpc) is 2.15. The number of allylic oxidation sites excluding steroid dienone is 3. The third-order valence-corrected chi connectivity index (χ3v) is 1.99. The van der Waals surface area contributed by atoms with Crippen molar-refractivity contribution in [2.45, 2.75) is 19.8 Å². The number of hydrogen-bond donors (Lipinski definition) is 0. The molecule has 0 nitrogen and oxygen atoms in total. The standard InChI is InChI=1S/C13H16/c1-11(2)9-10-12(3)13-7-5-4-6-8-13/h4-10,12H,1H2,2-3H3. The fourth-order valence-corrected chi connectivity index (χ4v) is 1.18. The highest BCUT2D eigenvalue weighted by Crippen LogP contribution is 2.16. The molecule has 0 aliphatic heterocycles. The van der Waals surface area contributed by atoms with Gasteiger partial charge in [-0.25, -0.2) is 0 Å².